The summed E-state index contributed by atoms with van der Waals surface area (Å²) in [5, 5.41) is 8.97. The SMILES string of the molecule is CS(=O)(=O)NCCN1C[C@@H](F)C[C@H]1CO. The molecule has 0 unspecified atom stereocenters. The highest BCUT2D eigenvalue weighted by atomic mass is 32.2. The van der Waals surface area contributed by atoms with E-state index in [4.69, 9.17) is 5.11 Å². The molecule has 90 valence electrons. The van der Waals surface area contributed by atoms with Crippen LogP contribution >= 0.6 is 0 Å². The Balaban J connectivity index is 2.32. The van der Waals surface area contributed by atoms with Crippen molar-refractivity contribution in [3.05, 3.63) is 0 Å². The van der Waals surface area contributed by atoms with Gasteiger partial charge in [0.2, 0.25) is 10.0 Å². The zero-order chi connectivity index (χ0) is 11.5. The van der Waals surface area contributed by atoms with E-state index in [9.17, 15) is 12.8 Å². The predicted molar refractivity (Wildman–Crippen MR) is 54.8 cm³/mol. The van der Waals surface area contributed by atoms with E-state index in [1.807, 2.05) is 0 Å². The fourth-order valence-corrected chi connectivity index (χ4v) is 2.22. The summed E-state index contributed by atoms with van der Waals surface area (Å²) in [7, 11) is -3.19. The third-order valence-corrected chi connectivity index (χ3v) is 3.18. The first-order valence-corrected chi connectivity index (χ1v) is 6.75. The van der Waals surface area contributed by atoms with Gasteiger partial charge in [0, 0.05) is 25.7 Å². The fourth-order valence-electron chi connectivity index (χ4n) is 1.76. The van der Waals surface area contributed by atoms with Gasteiger partial charge in [-0.2, -0.15) is 0 Å². The van der Waals surface area contributed by atoms with Crippen LogP contribution in [0.15, 0.2) is 0 Å². The number of nitrogens with zero attached hydrogens (tertiary/aromatic N) is 1. The van der Waals surface area contributed by atoms with Gasteiger partial charge in [-0.15, -0.1) is 0 Å². The molecule has 1 rings (SSSR count). The number of aliphatic hydroxyl groups is 1. The zero-order valence-corrected chi connectivity index (χ0v) is 9.50. The number of hydrogen-bond donors (Lipinski definition) is 2. The number of aliphatic hydroxyl groups excluding tert-OH is 1. The molecule has 1 fully saturated rings. The normalized spacial score (nSPS) is 28.5. The Morgan fingerprint density at radius 3 is 2.80 bits per heavy atom. The number of hydrogen-bond acceptors (Lipinski definition) is 4. The Hall–Kier alpha value is -0.240. The lowest BCUT2D eigenvalue weighted by atomic mass is 10.2. The van der Waals surface area contributed by atoms with Gasteiger partial charge >= 0.3 is 0 Å². The number of likely N-dealkylation sites (tertiary alicyclic amines) is 1. The molecule has 0 amide bonds. The van der Waals surface area contributed by atoms with E-state index in [-0.39, 0.29) is 25.7 Å². The van der Waals surface area contributed by atoms with Crippen molar-refractivity contribution < 1.29 is 17.9 Å². The van der Waals surface area contributed by atoms with Gasteiger partial charge in [0.05, 0.1) is 12.9 Å². The highest BCUT2D eigenvalue weighted by Gasteiger charge is 2.30. The Bertz CT molecular complexity index is 296. The number of nitrogens with one attached hydrogen (secondary N) is 1. The van der Waals surface area contributed by atoms with Crippen molar-refractivity contribution in [2.45, 2.75) is 18.6 Å². The second kappa shape index (κ2) is 5.20. The number of sulfonamides is 1. The molecule has 0 aromatic heterocycles. The molecule has 0 radical (unpaired) electrons. The quantitative estimate of drug-likeness (QED) is 0.643. The number of halogens is 1. The molecule has 0 bridgehead atoms. The first-order chi connectivity index (χ1) is 6.92. The van der Waals surface area contributed by atoms with E-state index in [1.165, 1.54) is 0 Å². The summed E-state index contributed by atoms with van der Waals surface area (Å²) >= 11 is 0. The predicted octanol–water partition coefficient (Wildman–Crippen LogP) is -1.06. The summed E-state index contributed by atoms with van der Waals surface area (Å²) in [5.74, 6) is 0. The van der Waals surface area contributed by atoms with Gasteiger partial charge in [-0.25, -0.2) is 17.5 Å². The van der Waals surface area contributed by atoms with Gasteiger partial charge in [0.1, 0.15) is 6.17 Å². The van der Waals surface area contributed by atoms with Crippen LogP contribution in [0.4, 0.5) is 4.39 Å². The lowest BCUT2D eigenvalue weighted by Crippen LogP contribution is -2.38. The third-order valence-electron chi connectivity index (χ3n) is 2.45. The highest BCUT2D eigenvalue weighted by Crippen LogP contribution is 2.19. The summed E-state index contributed by atoms with van der Waals surface area (Å²) in [5.41, 5.74) is 0. The molecule has 1 heterocycles. The first-order valence-electron chi connectivity index (χ1n) is 4.86. The minimum Gasteiger partial charge on any atom is -0.395 e. The highest BCUT2D eigenvalue weighted by molar-refractivity contribution is 7.88. The second-order valence-electron chi connectivity index (χ2n) is 3.83. The molecule has 5 nitrogen and oxygen atoms in total. The summed E-state index contributed by atoms with van der Waals surface area (Å²) in [6, 6.07) is -0.179. The van der Waals surface area contributed by atoms with Crippen molar-refractivity contribution >= 4 is 10.0 Å². The summed E-state index contributed by atoms with van der Waals surface area (Å²) in [6.45, 7) is 0.872. The monoisotopic (exact) mass is 240 g/mol. The Kier molecular flexibility index (Phi) is 4.45. The van der Waals surface area contributed by atoms with Crippen molar-refractivity contribution in [3.8, 4) is 0 Å². The molecule has 1 saturated heterocycles. The zero-order valence-electron chi connectivity index (χ0n) is 8.69. The van der Waals surface area contributed by atoms with E-state index in [2.05, 4.69) is 4.72 Å². The van der Waals surface area contributed by atoms with Gasteiger partial charge in [0.15, 0.2) is 0 Å². The van der Waals surface area contributed by atoms with E-state index < -0.39 is 16.2 Å². The van der Waals surface area contributed by atoms with Crippen molar-refractivity contribution in [1.29, 1.82) is 0 Å². The van der Waals surface area contributed by atoms with Crippen LogP contribution in [0.25, 0.3) is 0 Å². The van der Waals surface area contributed by atoms with Crippen molar-refractivity contribution in [2.75, 3.05) is 32.5 Å². The summed E-state index contributed by atoms with van der Waals surface area (Å²) in [6.07, 6.45) is 0.494. The topological polar surface area (TPSA) is 69.6 Å². The fraction of sp³-hybridized carbons (Fsp3) is 1.00. The van der Waals surface area contributed by atoms with Gasteiger partial charge in [0.25, 0.3) is 0 Å². The van der Waals surface area contributed by atoms with Crippen molar-refractivity contribution in [2.24, 2.45) is 0 Å². The van der Waals surface area contributed by atoms with Crippen LogP contribution in [0.1, 0.15) is 6.42 Å². The minimum absolute atomic E-state index is 0.0840. The first kappa shape index (κ1) is 12.8. The molecule has 0 aromatic rings. The molecular weight excluding hydrogens is 223 g/mol. The lowest BCUT2D eigenvalue weighted by molar-refractivity contribution is 0.160. The van der Waals surface area contributed by atoms with Crippen LogP contribution in [0.2, 0.25) is 0 Å². The molecule has 2 atom stereocenters. The Labute approximate surface area is 89.3 Å². The largest absolute Gasteiger partial charge is 0.395 e. The average Bonchev–Trinajstić information content (AvgIpc) is 2.44. The molecule has 0 aliphatic carbocycles. The van der Waals surface area contributed by atoms with E-state index in [1.54, 1.807) is 4.90 Å². The van der Waals surface area contributed by atoms with E-state index in [0.29, 0.717) is 13.0 Å². The standard InChI is InChI=1S/C8H17FN2O3S/c1-15(13,14)10-2-3-11-5-7(9)4-8(11)6-12/h7-8,10,12H,2-6H2,1H3/t7-,8-/m0/s1. The summed E-state index contributed by atoms with van der Waals surface area (Å²) < 4.78 is 36.8. The summed E-state index contributed by atoms with van der Waals surface area (Å²) in [4.78, 5) is 1.77. The molecule has 15 heavy (non-hydrogen) atoms. The van der Waals surface area contributed by atoms with Crippen LogP contribution in [0.5, 0.6) is 0 Å². The number of alkyl halides is 1. The smallest absolute Gasteiger partial charge is 0.208 e. The van der Waals surface area contributed by atoms with Crippen molar-refractivity contribution in [3.63, 3.8) is 0 Å². The minimum atomic E-state index is -3.19. The van der Waals surface area contributed by atoms with Gasteiger partial charge in [-0.1, -0.05) is 0 Å². The van der Waals surface area contributed by atoms with Crippen molar-refractivity contribution in [1.82, 2.24) is 9.62 Å². The maximum absolute atomic E-state index is 13.0. The van der Waals surface area contributed by atoms with Crippen LogP contribution in [-0.2, 0) is 10.0 Å². The lowest BCUT2D eigenvalue weighted by Gasteiger charge is -2.21. The van der Waals surface area contributed by atoms with Crippen LogP contribution in [-0.4, -0.2) is 63.1 Å². The number of rotatable bonds is 5. The third kappa shape index (κ3) is 4.42. The van der Waals surface area contributed by atoms with Gasteiger partial charge < -0.3 is 5.11 Å². The molecule has 2 N–H and O–H groups in total. The van der Waals surface area contributed by atoms with E-state index >= 15 is 0 Å². The van der Waals surface area contributed by atoms with Gasteiger partial charge in [-0.05, 0) is 6.42 Å². The molecule has 0 spiro atoms. The second-order valence-corrected chi connectivity index (χ2v) is 5.66. The molecule has 7 heteroatoms. The average molecular weight is 240 g/mol. The van der Waals surface area contributed by atoms with E-state index in [0.717, 1.165) is 6.26 Å². The Morgan fingerprint density at radius 1 is 1.60 bits per heavy atom. The van der Waals surface area contributed by atoms with Gasteiger partial charge in [-0.3, -0.25) is 4.90 Å². The maximum Gasteiger partial charge on any atom is 0.208 e. The molecule has 0 aromatic carbocycles. The molecular formula is C8H17FN2O3S. The maximum atomic E-state index is 13.0. The Morgan fingerprint density at radius 2 is 2.27 bits per heavy atom. The van der Waals surface area contributed by atoms with Crippen LogP contribution in [0, 0.1) is 0 Å². The van der Waals surface area contributed by atoms with Crippen LogP contribution in [0.3, 0.4) is 0 Å². The molecule has 1 aliphatic rings. The molecule has 1 aliphatic heterocycles. The molecule has 0 saturated carbocycles. The van der Waals surface area contributed by atoms with Crippen LogP contribution < -0.4 is 4.72 Å².